The molecule has 174 valence electrons. The van der Waals surface area contributed by atoms with E-state index in [1.165, 1.54) is 4.57 Å². The first-order chi connectivity index (χ1) is 16.0. The van der Waals surface area contributed by atoms with Crippen LogP contribution in [0.4, 0.5) is 0 Å². The molecule has 2 aromatic carbocycles. The fourth-order valence-electron chi connectivity index (χ4n) is 4.49. The van der Waals surface area contributed by atoms with Crippen LogP contribution in [0.1, 0.15) is 31.0 Å². The molecule has 0 bridgehead atoms. The highest BCUT2D eigenvalue weighted by Crippen LogP contribution is 2.29. The lowest BCUT2D eigenvalue weighted by Gasteiger charge is -2.32. The van der Waals surface area contributed by atoms with E-state index < -0.39 is 0 Å². The van der Waals surface area contributed by atoms with Crippen molar-refractivity contribution in [2.45, 2.75) is 32.7 Å². The third kappa shape index (κ3) is 5.40. The number of benzene rings is 2. The highest BCUT2D eigenvalue weighted by molar-refractivity contribution is 6.31. The van der Waals surface area contributed by atoms with Crippen LogP contribution in [-0.4, -0.2) is 33.7 Å². The zero-order valence-electron chi connectivity index (χ0n) is 19.2. The van der Waals surface area contributed by atoms with E-state index in [0.717, 1.165) is 54.4 Å². The Morgan fingerprint density at radius 2 is 1.76 bits per heavy atom. The zero-order valence-corrected chi connectivity index (χ0v) is 19.9. The van der Waals surface area contributed by atoms with E-state index >= 15 is 0 Å². The van der Waals surface area contributed by atoms with Crippen molar-refractivity contribution in [3.05, 3.63) is 91.7 Å². The number of halogens is 1. The van der Waals surface area contributed by atoms with Crippen molar-refractivity contribution in [2.75, 3.05) is 19.7 Å². The van der Waals surface area contributed by atoms with Crippen molar-refractivity contribution in [3.63, 3.8) is 0 Å². The molecular formula is C26H30ClN3O3. The third-order valence-corrected chi connectivity index (χ3v) is 6.73. The van der Waals surface area contributed by atoms with Crippen LogP contribution >= 0.6 is 11.6 Å². The van der Waals surface area contributed by atoms with Gasteiger partial charge in [0.15, 0.2) is 0 Å². The highest BCUT2D eigenvalue weighted by atomic mass is 35.5. The van der Waals surface area contributed by atoms with Crippen LogP contribution in [0.25, 0.3) is 5.69 Å². The first kappa shape index (κ1) is 23.3. The normalized spacial score (nSPS) is 15.0. The maximum absolute atomic E-state index is 12.9. The van der Waals surface area contributed by atoms with Crippen LogP contribution in [0.15, 0.2) is 64.2 Å². The second-order valence-electron chi connectivity index (χ2n) is 8.60. The number of hydrogen-bond acceptors (Lipinski definition) is 4. The van der Waals surface area contributed by atoms with Crippen LogP contribution < -0.4 is 16.0 Å². The van der Waals surface area contributed by atoms with Crippen molar-refractivity contribution < 1.29 is 4.74 Å². The quantitative estimate of drug-likeness (QED) is 0.526. The van der Waals surface area contributed by atoms with Crippen LogP contribution in [-0.2, 0) is 20.0 Å². The molecule has 4 rings (SSSR count). The molecular weight excluding hydrogens is 438 g/mol. The average Bonchev–Trinajstić information content (AvgIpc) is 2.82. The van der Waals surface area contributed by atoms with Gasteiger partial charge < -0.3 is 4.74 Å². The Balaban J connectivity index is 1.41. The molecule has 0 spiro atoms. The largest absolute Gasteiger partial charge is 0.494 e. The van der Waals surface area contributed by atoms with Gasteiger partial charge in [-0.1, -0.05) is 29.8 Å². The summed E-state index contributed by atoms with van der Waals surface area (Å²) in [5.74, 6) is 1.41. The molecule has 0 unspecified atom stereocenters. The van der Waals surface area contributed by atoms with Crippen LogP contribution in [0.5, 0.6) is 5.75 Å². The Morgan fingerprint density at radius 1 is 1.03 bits per heavy atom. The van der Waals surface area contributed by atoms with Crippen molar-refractivity contribution >= 4 is 11.6 Å². The molecule has 1 aromatic heterocycles. The molecule has 1 aliphatic rings. The molecule has 0 atom stereocenters. The molecule has 1 aliphatic heterocycles. The number of para-hydroxylation sites is 1. The first-order valence-electron chi connectivity index (χ1n) is 11.5. The van der Waals surface area contributed by atoms with E-state index in [-0.39, 0.29) is 11.2 Å². The van der Waals surface area contributed by atoms with Gasteiger partial charge in [-0.3, -0.25) is 14.3 Å². The lowest BCUT2D eigenvalue weighted by Crippen LogP contribution is -2.41. The second-order valence-corrected chi connectivity index (χ2v) is 9.00. The van der Waals surface area contributed by atoms with Gasteiger partial charge in [-0.05, 0) is 81.1 Å². The maximum Gasteiger partial charge on any atom is 0.335 e. The number of nitrogens with zero attached hydrogens (tertiary/aromatic N) is 3. The summed E-state index contributed by atoms with van der Waals surface area (Å²) >= 11 is 6.43. The molecule has 3 aromatic rings. The summed E-state index contributed by atoms with van der Waals surface area (Å²) in [4.78, 5) is 27.9. The van der Waals surface area contributed by atoms with E-state index in [0.29, 0.717) is 24.8 Å². The average molecular weight is 468 g/mol. The van der Waals surface area contributed by atoms with Crippen LogP contribution in [0.2, 0.25) is 5.02 Å². The van der Waals surface area contributed by atoms with Crippen molar-refractivity contribution in [2.24, 2.45) is 13.0 Å². The third-order valence-electron chi connectivity index (χ3n) is 6.36. The fourth-order valence-corrected chi connectivity index (χ4v) is 4.68. The first-order valence-corrected chi connectivity index (χ1v) is 11.8. The van der Waals surface area contributed by atoms with Gasteiger partial charge in [0, 0.05) is 30.4 Å². The van der Waals surface area contributed by atoms with Gasteiger partial charge >= 0.3 is 5.69 Å². The molecule has 7 heteroatoms. The van der Waals surface area contributed by atoms with E-state index in [4.69, 9.17) is 16.3 Å². The summed E-state index contributed by atoms with van der Waals surface area (Å²) < 4.78 is 8.42. The van der Waals surface area contributed by atoms with Gasteiger partial charge in [-0.2, -0.15) is 0 Å². The summed E-state index contributed by atoms with van der Waals surface area (Å²) in [7, 11) is 1.73. The fraction of sp³-hybridized carbons (Fsp3) is 0.385. The topological polar surface area (TPSA) is 56.5 Å². The monoisotopic (exact) mass is 467 g/mol. The number of aromatic nitrogens is 2. The number of ether oxygens (including phenoxy) is 1. The Hall–Kier alpha value is -2.83. The van der Waals surface area contributed by atoms with Crippen molar-refractivity contribution in [3.8, 4) is 11.4 Å². The predicted molar refractivity (Wildman–Crippen MR) is 132 cm³/mol. The highest BCUT2D eigenvalue weighted by Gasteiger charge is 2.22. The minimum absolute atomic E-state index is 0.294. The minimum atomic E-state index is -0.317. The summed E-state index contributed by atoms with van der Waals surface area (Å²) in [6.07, 6.45) is 3.02. The lowest BCUT2D eigenvalue weighted by atomic mass is 9.90. The lowest BCUT2D eigenvalue weighted by molar-refractivity contribution is 0.173. The van der Waals surface area contributed by atoms with Gasteiger partial charge in [-0.25, -0.2) is 9.36 Å². The van der Waals surface area contributed by atoms with Gasteiger partial charge in [0.2, 0.25) is 0 Å². The summed E-state index contributed by atoms with van der Waals surface area (Å²) in [5.41, 5.74) is 1.85. The summed E-state index contributed by atoms with van der Waals surface area (Å²) in [6.45, 7) is 5.04. The SMILES string of the molecule is CCOc1ccc(Cl)c(CC2CCN(Cc3cc(=O)n(-c4ccccc4)c(=O)n3C)CC2)c1. The molecule has 2 heterocycles. The Morgan fingerprint density at radius 3 is 2.45 bits per heavy atom. The Labute approximate surface area is 199 Å². The zero-order chi connectivity index (χ0) is 23.4. The smallest absolute Gasteiger partial charge is 0.335 e. The van der Waals surface area contributed by atoms with Gasteiger partial charge in [0.25, 0.3) is 5.56 Å². The summed E-state index contributed by atoms with van der Waals surface area (Å²) in [5, 5.41) is 0.787. The number of rotatable bonds is 7. The second kappa shape index (κ2) is 10.4. The van der Waals surface area contributed by atoms with Gasteiger partial charge in [0.1, 0.15) is 5.75 Å². The van der Waals surface area contributed by atoms with E-state index in [1.54, 1.807) is 29.8 Å². The van der Waals surface area contributed by atoms with Crippen LogP contribution in [0, 0.1) is 5.92 Å². The number of hydrogen-bond donors (Lipinski definition) is 0. The molecule has 0 N–H and O–H groups in total. The maximum atomic E-state index is 12.9. The van der Waals surface area contributed by atoms with Gasteiger partial charge in [0.05, 0.1) is 12.3 Å². The van der Waals surface area contributed by atoms with Crippen molar-refractivity contribution in [1.82, 2.24) is 14.0 Å². The predicted octanol–water partition coefficient (Wildman–Crippen LogP) is 4.04. The molecule has 0 radical (unpaired) electrons. The van der Waals surface area contributed by atoms with Crippen molar-refractivity contribution in [1.29, 1.82) is 0 Å². The van der Waals surface area contributed by atoms with Gasteiger partial charge in [-0.15, -0.1) is 0 Å². The molecule has 1 fully saturated rings. The molecule has 0 saturated carbocycles. The summed E-state index contributed by atoms with van der Waals surface area (Å²) in [6, 6.07) is 16.5. The Bertz CT molecular complexity index is 1210. The minimum Gasteiger partial charge on any atom is -0.494 e. The standard InChI is InChI=1S/C26H30ClN3O3/c1-3-33-23-9-10-24(27)20(16-23)15-19-11-13-29(14-12-19)18-22-17-25(31)30(26(32)28(22)2)21-7-5-4-6-8-21/h4-10,16-17,19H,3,11-15,18H2,1-2H3. The molecule has 0 amide bonds. The number of piperidine rings is 1. The Kier molecular flexibility index (Phi) is 7.36. The number of likely N-dealkylation sites (tertiary alicyclic amines) is 1. The molecule has 33 heavy (non-hydrogen) atoms. The van der Waals surface area contributed by atoms with Crippen LogP contribution in [0.3, 0.4) is 0 Å². The molecule has 0 aliphatic carbocycles. The van der Waals surface area contributed by atoms with E-state index in [9.17, 15) is 9.59 Å². The van der Waals surface area contributed by atoms with E-state index in [2.05, 4.69) is 11.0 Å². The molecule has 1 saturated heterocycles. The molecule has 6 nitrogen and oxygen atoms in total. The van der Waals surface area contributed by atoms with E-state index in [1.807, 2.05) is 37.3 Å².